The van der Waals surface area contributed by atoms with Crippen LogP contribution in [0.5, 0.6) is 0 Å². The minimum Gasteiger partial charge on any atom is -0.450 e. The van der Waals surface area contributed by atoms with Gasteiger partial charge in [0.2, 0.25) is 0 Å². The summed E-state index contributed by atoms with van der Waals surface area (Å²) < 4.78 is 5.07. The first kappa shape index (κ1) is 23.5. The molecule has 0 saturated carbocycles. The van der Waals surface area contributed by atoms with Crippen molar-refractivity contribution in [1.29, 1.82) is 0 Å². The molecular formula is C20H33IN4O2. The number of nitrogens with zero attached hydrogens (tertiary/aromatic N) is 2. The van der Waals surface area contributed by atoms with Crippen molar-refractivity contribution in [2.75, 3.05) is 32.8 Å². The molecule has 1 amide bonds. The summed E-state index contributed by atoms with van der Waals surface area (Å²) in [7, 11) is 0. The maximum atomic E-state index is 11.8. The van der Waals surface area contributed by atoms with E-state index in [4.69, 9.17) is 9.73 Å². The summed E-state index contributed by atoms with van der Waals surface area (Å²) >= 11 is 0. The number of aryl methyl sites for hydroxylation is 1. The number of hydrogen-bond donors (Lipinski definition) is 2. The zero-order valence-corrected chi connectivity index (χ0v) is 19.0. The van der Waals surface area contributed by atoms with Crippen molar-refractivity contribution < 1.29 is 9.53 Å². The highest BCUT2D eigenvalue weighted by Crippen LogP contribution is 2.11. The highest BCUT2D eigenvalue weighted by atomic mass is 127. The fourth-order valence-electron chi connectivity index (χ4n) is 3.10. The average Bonchev–Trinajstić information content (AvgIpc) is 2.63. The van der Waals surface area contributed by atoms with E-state index in [1.165, 1.54) is 11.1 Å². The van der Waals surface area contributed by atoms with Crippen molar-refractivity contribution in [3.05, 3.63) is 35.4 Å². The molecule has 1 aromatic rings. The van der Waals surface area contributed by atoms with E-state index in [1.807, 2.05) is 6.92 Å². The van der Waals surface area contributed by atoms with Crippen molar-refractivity contribution in [1.82, 2.24) is 15.5 Å². The third-order valence-corrected chi connectivity index (χ3v) is 4.46. The van der Waals surface area contributed by atoms with E-state index in [0.717, 1.165) is 51.4 Å². The molecule has 0 atom stereocenters. The van der Waals surface area contributed by atoms with Crippen LogP contribution in [0.25, 0.3) is 0 Å². The maximum Gasteiger partial charge on any atom is 0.409 e. The Morgan fingerprint density at radius 2 is 2.04 bits per heavy atom. The van der Waals surface area contributed by atoms with Crippen LogP contribution in [-0.2, 0) is 11.2 Å². The molecule has 152 valence electrons. The van der Waals surface area contributed by atoms with Gasteiger partial charge in [0.1, 0.15) is 0 Å². The Bertz CT molecular complexity index is 601. The molecule has 27 heavy (non-hydrogen) atoms. The molecule has 0 aliphatic carbocycles. The summed E-state index contributed by atoms with van der Waals surface area (Å²) in [5.41, 5.74) is 2.59. The number of amides is 1. The lowest BCUT2D eigenvalue weighted by molar-refractivity contribution is 0.0963. The topological polar surface area (TPSA) is 66.0 Å². The molecule has 7 heteroatoms. The van der Waals surface area contributed by atoms with Crippen molar-refractivity contribution in [3.63, 3.8) is 0 Å². The summed E-state index contributed by atoms with van der Waals surface area (Å²) in [6.45, 7) is 9.47. The predicted molar refractivity (Wildman–Crippen MR) is 121 cm³/mol. The van der Waals surface area contributed by atoms with Crippen molar-refractivity contribution >= 4 is 36.0 Å². The van der Waals surface area contributed by atoms with Gasteiger partial charge in [-0.25, -0.2) is 4.79 Å². The normalized spacial score (nSPS) is 15.1. The van der Waals surface area contributed by atoms with Crippen LogP contribution in [-0.4, -0.2) is 55.8 Å². The summed E-state index contributed by atoms with van der Waals surface area (Å²) in [6, 6.07) is 8.89. The van der Waals surface area contributed by atoms with E-state index in [1.54, 1.807) is 4.90 Å². The van der Waals surface area contributed by atoms with Gasteiger partial charge in [-0.3, -0.25) is 4.99 Å². The van der Waals surface area contributed by atoms with Crippen LogP contribution in [0.2, 0.25) is 0 Å². The zero-order valence-electron chi connectivity index (χ0n) is 16.7. The van der Waals surface area contributed by atoms with Gasteiger partial charge in [-0.15, -0.1) is 24.0 Å². The van der Waals surface area contributed by atoms with E-state index in [9.17, 15) is 4.79 Å². The van der Waals surface area contributed by atoms with E-state index < -0.39 is 0 Å². The van der Waals surface area contributed by atoms with Crippen LogP contribution in [0.15, 0.2) is 29.3 Å². The van der Waals surface area contributed by atoms with E-state index in [0.29, 0.717) is 12.6 Å². The van der Waals surface area contributed by atoms with Gasteiger partial charge >= 0.3 is 6.09 Å². The van der Waals surface area contributed by atoms with Gasteiger partial charge in [-0.05, 0) is 45.6 Å². The van der Waals surface area contributed by atoms with Crippen LogP contribution in [0.3, 0.4) is 0 Å². The Kier molecular flexibility index (Phi) is 11.2. The van der Waals surface area contributed by atoms with Crippen LogP contribution in [0, 0.1) is 6.92 Å². The summed E-state index contributed by atoms with van der Waals surface area (Å²) in [5, 5.41) is 6.82. The van der Waals surface area contributed by atoms with Crippen LogP contribution >= 0.6 is 24.0 Å². The van der Waals surface area contributed by atoms with Gasteiger partial charge in [-0.1, -0.05) is 29.8 Å². The highest BCUT2D eigenvalue weighted by Gasteiger charge is 2.23. The predicted octanol–water partition coefficient (Wildman–Crippen LogP) is 3.33. The number of nitrogens with one attached hydrogen (secondary N) is 2. The van der Waals surface area contributed by atoms with Crippen LogP contribution in [0.1, 0.15) is 37.8 Å². The fourth-order valence-corrected chi connectivity index (χ4v) is 3.10. The second kappa shape index (κ2) is 12.8. The quantitative estimate of drug-likeness (QED) is 0.367. The molecular weight excluding hydrogens is 455 g/mol. The fraction of sp³-hybridized carbons (Fsp3) is 0.600. The number of halogens is 1. The first-order valence-electron chi connectivity index (χ1n) is 9.64. The highest BCUT2D eigenvalue weighted by molar-refractivity contribution is 14.0. The lowest BCUT2D eigenvalue weighted by Crippen LogP contribution is -2.50. The molecule has 1 aliphatic rings. The molecule has 6 nitrogen and oxygen atoms in total. The second-order valence-corrected chi connectivity index (χ2v) is 6.60. The van der Waals surface area contributed by atoms with Gasteiger partial charge in [-0.2, -0.15) is 0 Å². The van der Waals surface area contributed by atoms with E-state index in [2.05, 4.69) is 48.7 Å². The molecule has 1 fully saturated rings. The number of ether oxygens (including phenoxy) is 1. The summed E-state index contributed by atoms with van der Waals surface area (Å²) in [6.07, 6.45) is 2.53. The van der Waals surface area contributed by atoms with Crippen LogP contribution < -0.4 is 10.6 Å². The number of carbonyl (C=O) groups excluding carboxylic acids is 1. The van der Waals surface area contributed by atoms with Crippen molar-refractivity contribution in [2.24, 2.45) is 4.99 Å². The van der Waals surface area contributed by atoms with Gasteiger partial charge in [0.15, 0.2) is 5.96 Å². The Morgan fingerprint density at radius 3 is 2.67 bits per heavy atom. The molecule has 0 spiro atoms. The average molecular weight is 488 g/mol. The second-order valence-electron chi connectivity index (χ2n) is 6.60. The molecule has 2 rings (SSSR count). The van der Waals surface area contributed by atoms with Gasteiger partial charge < -0.3 is 20.3 Å². The first-order valence-corrected chi connectivity index (χ1v) is 9.64. The largest absolute Gasteiger partial charge is 0.450 e. The monoisotopic (exact) mass is 488 g/mol. The van der Waals surface area contributed by atoms with Gasteiger partial charge in [0, 0.05) is 32.2 Å². The Morgan fingerprint density at radius 1 is 1.30 bits per heavy atom. The molecule has 0 aromatic heterocycles. The maximum absolute atomic E-state index is 11.8. The van der Waals surface area contributed by atoms with E-state index in [-0.39, 0.29) is 30.1 Å². The third-order valence-electron chi connectivity index (χ3n) is 4.46. The molecule has 0 unspecified atom stereocenters. The number of carbonyl (C=O) groups is 1. The lowest BCUT2D eigenvalue weighted by Gasteiger charge is -2.32. The Labute approximate surface area is 180 Å². The smallest absolute Gasteiger partial charge is 0.409 e. The number of hydrogen-bond acceptors (Lipinski definition) is 3. The number of rotatable bonds is 6. The first-order chi connectivity index (χ1) is 12.6. The van der Waals surface area contributed by atoms with Crippen molar-refractivity contribution in [3.8, 4) is 0 Å². The Hall–Kier alpha value is -1.51. The molecule has 2 N–H and O–H groups in total. The minimum atomic E-state index is -0.204. The molecule has 1 heterocycles. The van der Waals surface area contributed by atoms with Crippen molar-refractivity contribution in [2.45, 2.75) is 46.1 Å². The number of aliphatic imine (C=N–C) groups is 1. The standard InChI is InChI=1S/C20H32N4O2.HI/c1-4-21-19(22-12-9-17-8-6-7-16(3)15-17)23-18-10-13-24(14-11-18)20(25)26-5-2;/h6-8,15,18H,4-5,9-14H2,1-3H3,(H2,21,22,23);1H. The van der Waals surface area contributed by atoms with E-state index >= 15 is 0 Å². The molecule has 0 bridgehead atoms. The minimum absolute atomic E-state index is 0. The number of likely N-dealkylation sites (tertiary alicyclic amines) is 1. The summed E-state index contributed by atoms with van der Waals surface area (Å²) in [4.78, 5) is 18.3. The SMILES string of the molecule is CCNC(=NCCc1cccc(C)c1)NC1CCN(C(=O)OCC)CC1.I. The number of guanidine groups is 1. The lowest BCUT2D eigenvalue weighted by atomic mass is 10.1. The van der Waals surface area contributed by atoms with Gasteiger partial charge in [0.05, 0.1) is 6.61 Å². The number of benzene rings is 1. The zero-order chi connectivity index (χ0) is 18.8. The summed E-state index contributed by atoms with van der Waals surface area (Å²) in [5.74, 6) is 0.856. The molecule has 1 aliphatic heterocycles. The Balaban J connectivity index is 0.00000364. The third kappa shape index (κ3) is 8.36. The number of piperidine rings is 1. The van der Waals surface area contributed by atoms with Crippen LogP contribution in [0.4, 0.5) is 4.79 Å². The molecule has 0 radical (unpaired) electrons. The molecule has 1 saturated heterocycles. The molecule has 1 aromatic carbocycles. The van der Waals surface area contributed by atoms with Gasteiger partial charge in [0.25, 0.3) is 0 Å².